The van der Waals surface area contributed by atoms with Gasteiger partial charge in [0.1, 0.15) is 42.7 Å². The lowest BCUT2D eigenvalue weighted by molar-refractivity contribution is 0.194. The van der Waals surface area contributed by atoms with Crippen molar-refractivity contribution in [2.45, 2.75) is 18.9 Å². The molecule has 2 aliphatic rings. The van der Waals surface area contributed by atoms with Crippen LogP contribution in [-0.4, -0.2) is 60.7 Å². The third-order valence-corrected chi connectivity index (χ3v) is 6.65. The summed E-state index contributed by atoms with van der Waals surface area (Å²) in [6.45, 7) is 4.41. The maximum Gasteiger partial charge on any atom is 0.224 e. The Bertz CT molecular complexity index is 1680. The molecule has 11 heteroatoms. The highest BCUT2D eigenvalue weighted by atomic mass is 16.5. The highest BCUT2D eigenvalue weighted by molar-refractivity contribution is 5.92. The van der Waals surface area contributed by atoms with Gasteiger partial charge in [0.15, 0.2) is 11.5 Å². The lowest BCUT2D eigenvalue weighted by atomic mass is 9.95. The van der Waals surface area contributed by atoms with Crippen LogP contribution in [0.5, 0.6) is 11.6 Å². The second-order valence-corrected chi connectivity index (χ2v) is 9.40. The molecule has 1 saturated heterocycles. The van der Waals surface area contributed by atoms with Crippen molar-refractivity contribution in [1.29, 1.82) is 0 Å². The predicted molar refractivity (Wildman–Crippen MR) is 138 cm³/mol. The summed E-state index contributed by atoms with van der Waals surface area (Å²) in [7, 11) is 0. The third-order valence-electron chi connectivity index (χ3n) is 6.65. The maximum atomic E-state index is 6.00. The molecule has 0 amide bonds. The van der Waals surface area contributed by atoms with Crippen LogP contribution in [0.25, 0.3) is 16.6 Å². The Hall–Kier alpha value is -4.64. The number of nitrogens with one attached hydrogen (secondary N) is 2. The lowest BCUT2D eigenvalue weighted by Crippen LogP contribution is -2.59. The standard InChI is InChI=1S/C26H23N9O2/c1-16-6-18(3-5-21(16)37-23-9-22-34-31-15-35(22)14-30-23)32-25-19-7-17(2-4-20(19)28-13-29-25)8-24-33-26(12-36-24)10-27-11-26/h2-7,9,13-15,27H,8,10-12H2,1H3,(H,28,29,32). The number of hydrogen-bond donors (Lipinski definition) is 2. The molecular weight excluding hydrogens is 470 g/mol. The molecule has 11 nitrogen and oxygen atoms in total. The normalized spacial score (nSPS) is 16.0. The van der Waals surface area contributed by atoms with Crippen LogP contribution in [-0.2, 0) is 11.2 Å². The number of ether oxygens (including phenoxy) is 2. The van der Waals surface area contributed by atoms with E-state index in [1.54, 1.807) is 29.4 Å². The monoisotopic (exact) mass is 493 g/mol. The second-order valence-electron chi connectivity index (χ2n) is 9.40. The van der Waals surface area contributed by atoms with E-state index < -0.39 is 0 Å². The molecule has 3 aromatic heterocycles. The molecule has 0 radical (unpaired) electrons. The van der Waals surface area contributed by atoms with E-state index in [1.165, 1.54) is 0 Å². The van der Waals surface area contributed by atoms with Crippen LogP contribution in [0, 0.1) is 6.92 Å². The van der Waals surface area contributed by atoms with Crippen molar-refractivity contribution in [2.75, 3.05) is 25.0 Å². The molecule has 37 heavy (non-hydrogen) atoms. The van der Waals surface area contributed by atoms with Crippen LogP contribution < -0.4 is 15.4 Å². The summed E-state index contributed by atoms with van der Waals surface area (Å²) in [6.07, 6.45) is 5.43. The lowest BCUT2D eigenvalue weighted by Gasteiger charge is -2.33. The SMILES string of the molecule is Cc1cc(Nc2ncnc3ccc(CC4=NC5(CNC5)CO4)cc23)ccc1Oc1cc2nncn2cn1. The number of nitrogens with zero attached hydrogens (tertiary/aromatic N) is 7. The summed E-state index contributed by atoms with van der Waals surface area (Å²) in [5, 5.41) is 15.5. The number of anilines is 2. The molecule has 0 aliphatic carbocycles. The van der Waals surface area contributed by atoms with Crippen molar-refractivity contribution in [1.82, 2.24) is 34.9 Å². The number of rotatable bonds is 6. The molecule has 5 heterocycles. The van der Waals surface area contributed by atoms with Crippen LogP contribution in [0.1, 0.15) is 11.1 Å². The minimum atomic E-state index is -0.0605. The first-order chi connectivity index (χ1) is 18.1. The topological polar surface area (TPSA) is 124 Å². The Labute approximate surface area is 211 Å². The first-order valence-corrected chi connectivity index (χ1v) is 12.0. The van der Waals surface area contributed by atoms with Gasteiger partial charge in [0.2, 0.25) is 5.88 Å². The molecule has 0 atom stereocenters. The van der Waals surface area contributed by atoms with Crippen molar-refractivity contribution in [3.8, 4) is 11.6 Å². The van der Waals surface area contributed by atoms with Crippen LogP contribution >= 0.6 is 0 Å². The Morgan fingerprint density at radius 1 is 1.08 bits per heavy atom. The first-order valence-electron chi connectivity index (χ1n) is 12.0. The van der Waals surface area contributed by atoms with Gasteiger partial charge in [0.05, 0.1) is 5.52 Å². The van der Waals surface area contributed by atoms with E-state index in [0.717, 1.165) is 52.5 Å². The Kier molecular flexibility index (Phi) is 4.96. The molecule has 184 valence electrons. The zero-order chi connectivity index (χ0) is 24.8. The van der Waals surface area contributed by atoms with Gasteiger partial charge < -0.3 is 20.1 Å². The van der Waals surface area contributed by atoms with Crippen molar-refractivity contribution in [3.63, 3.8) is 0 Å². The van der Waals surface area contributed by atoms with E-state index >= 15 is 0 Å². The van der Waals surface area contributed by atoms with Gasteiger partial charge in [-0.15, -0.1) is 10.2 Å². The maximum absolute atomic E-state index is 6.00. The van der Waals surface area contributed by atoms with Crippen LogP contribution in [0.2, 0.25) is 0 Å². The number of hydrogen-bond acceptors (Lipinski definition) is 10. The zero-order valence-corrected chi connectivity index (χ0v) is 20.0. The van der Waals surface area contributed by atoms with E-state index in [9.17, 15) is 0 Å². The van der Waals surface area contributed by atoms with Crippen LogP contribution in [0.3, 0.4) is 0 Å². The fourth-order valence-electron chi connectivity index (χ4n) is 4.58. The van der Waals surface area contributed by atoms with E-state index in [0.29, 0.717) is 30.3 Å². The number of benzene rings is 2. The summed E-state index contributed by atoms with van der Waals surface area (Å²) in [6, 6.07) is 13.8. The summed E-state index contributed by atoms with van der Waals surface area (Å²) in [5.74, 6) is 2.67. The van der Waals surface area contributed by atoms with E-state index in [-0.39, 0.29) is 5.54 Å². The van der Waals surface area contributed by atoms with Crippen LogP contribution in [0.15, 0.2) is 66.4 Å². The first kappa shape index (κ1) is 21.6. The predicted octanol–water partition coefficient (Wildman–Crippen LogP) is 3.23. The average molecular weight is 494 g/mol. The molecule has 1 fully saturated rings. The van der Waals surface area contributed by atoms with E-state index in [2.05, 4.69) is 47.9 Å². The summed E-state index contributed by atoms with van der Waals surface area (Å²) >= 11 is 0. The molecule has 2 N–H and O–H groups in total. The molecule has 5 aromatic rings. The largest absolute Gasteiger partial charge is 0.478 e. The second kappa shape index (κ2) is 8.49. The third kappa shape index (κ3) is 4.08. The zero-order valence-electron chi connectivity index (χ0n) is 20.0. The van der Waals surface area contributed by atoms with E-state index in [1.807, 2.05) is 31.2 Å². The smallest absolute Gasteiger partial charge is 0.224 e. The van der Waals surface area contributed by atoms with Crippen LogP contribution in [0.4, 0.5) is 11.5 Å². The minimum Gasteiger partial charge on any atom is -0.478 e. The molecular formula is C26H23N9O2. The summed E-state index contributed by atoms with van der Waals surface area (Å²) in [5.41, 5.74) is 4.41. The molecule has 0 bridgehead atoms. The molecule has 7 rings (SSSR count). The fraction of sp³-hybridized carbons (Fsp3) is 0.231. The Morgan fingerprint density at radius 2 is 2.03 bits per heavy atom. The van der Waals surface area contributed by atoms with Gasteiger partial charge in [0.25, 0.3) is 0 Å². The van der Waals surface area contributed by atoms with Gasteiger partial charge in [0, 0.05) is 36.7 Å². The summed E-state index contributed by atoms with van der Waals surface area (Å²) < 4.78 is 13.6. The van der Waals surface area contributed by atoms with Gasteiger partial charge in [-0.3, -0.25) is 4.40 Å². The average Bonchev–Trinajstić information content (AvgIpc) is 3.53. The fourth-order valence-corrected chi connectivity index (χ4v) is 4.58. The molecule has 0 unspecified atom stereocenters. The molecule has 1 spiro atoms. The highest BCUT2D eigenvalue weighted by Gasteiger charge is 2.42. The van der Waals surface area contributed by atoms with Gasteiger partial charge in [-0.05, 0) is 48.4 Å². The quantitative estimate of drug-likeness (QED) is 0.367. The van der Waals surface area contributed by atoms with Crippen molar-refractivity contribution >= 4 is 34.0 Å². The molecule has 2 aliphatic heterocycles. The molecule has 0 saturated carbocycles. The van der Waals surface area contributed by atoms with Crippen molar-refractivity contribution < 1.29 is 9.47 Å². The number of aryl methyl sites for hydroxylation is 1. The van der Waals surface area contributed by atoms with Crippen molar-refractivity contribution in [2.24, 2.45) is 4.99 Å². The van der Waals surface area contributed by atoms with Gasteiger partial charge >= 0.3 is 0 Å². The number of aromatic nitrogens is 6. The highest BCUT2D eigenvalue weighted by Crippen LogP contribution is 2.30. The minimum absolute atomic E-state index is 0.0605. The van der Waals surface area contributed by atoms with Gasteiger partial charge in [-0.2, -0.15) is 0 Å². The Morgan fingerprint density at radius 3 is 2.86 bits per heavy atom. The molecule has 2 aromatic carbocycles. The van der Waals surface area contributed by atoms with E-state index in [4.69, 9.17) is 14.5 Å². The van der Waals surface area contributed by atoms with Crippen molar-refractivity contribution in [3.05, 3.63) is 72.6 Å². The Balaban J connectivity index is 1.12. The van der Waals surface area contributed by atoms with Gasteiger partial charge in [-0.25, -0.2) is 19.9 Å². The number of aliphatic imine (C=N–C) groups is 1. The summed E-state index contributed by atoms with van der Waals surface area (Å²) in [4.78, 5) is 18.1. The van der Waals surface area contributed by atoms with Gasteiger partial charge in [-0.1, -0.05) is 6.07 Å². The number of fused-ring (bicyclic) bond motifs is 2.